The Hall–Kier alpha value is -2.40. The number of benzene rings is 2. The Morgan fingerprint density at radius 1 is 1.07 bits per heavy atom. The van der Waals surface area contributed by atoms with Crippen molar-refractivity contribution in [3.8, 4) is 0 Å². The van der Waals surface area contributed by atoms with Crippen molar-refractivity contribution in [1.29, 1.82) is 0 Å². The van der Waals surface area contributed by atoms with Gasteiger partial charge in [-0.1, -0.05) is 61.8 Å². The van der Waals surface area contributed by atoms with Crippen molar-refractivity contribution in [3.63, 3.8) is 0 Å². The summed E-state index contributed by atoms with van der Waals surface area (Å²) in [6.45, 7) is 6.16. The van der Waals surface area contributed by atoms with E-state index in [-0.39, 0.29) is 34.9 Å². The third kappa shape index (κ3) is 6.56. The molecule has 0 aliphatic carbocycles. The van der Waals surface area contributed by atoms with Gasteiger partial charge in [0.2, 0.25) is 11.8 Å². The Labute approximate surface area is 183 Å². The van der Waals surface area contributed by atoms with Gasteiger partial charge in [-0.25, -0.2) is 4.39 Å². The van der Waals surface area contributed by atoms with Gasteiger partial charge < -0.3 is 10.2 Å². The van der Waals surface area contributed by atoms with Crippen LogP contribution in [0.4, 0.5) is 4.39 Å². The predicted octanol–water partition coefficient (Wildman–Crippen LogP) is 4.79. The van der Waals surface area contributed by atoms with E-state index in [4.69, 9.17) is 11.6 Å². The van der Waals surface area contributed by atoms with Gasteiger partial charge in [-0.2, -0.15) is 0 Å². The van der Waals surface area contributed by atoms with E-state index in [0.717, 1.165) is 12.0 Å². The molecule has 4 nitrogen and oxygen atoms in total. The van der Waals surface area contributed by atoms with Gasteiger partial charge in [-0.05, 0) is 43.9 Å². The lowest BCUT2D eigenvalue weighted by Crippen LogP contribution is -2.52. The molecule has 2 aromatic rings. The van der Waals surface area contributed by atoms with Crippen molar-refractivity contribution in [2.24, 2.45) is 0 Å². The fraction of sp³-hybridized carbons (Fsp3) is 0.417. The summed E-state index contributed by atoms with van der Waals surface area (Å²) in [4.78, 5) is 27.7. The van der Waals surface area contributed by atoms with Crippen molar-refractivity contribution < 1.29 is 14.0 Å². The SMILES string of the molecule is CC[C@H](C(=O)N[C@@H](C)CC)N(CCc1ccccc1)C(=O)Cc1c(F)cccc1Cl. The van der Waals surface area contributed by atoms with Crippen molar-refractivity contribution >= 4 is 23.4 Å². The Morgan fingerprint density at radius 3 is 2.37 bits per heavy atom. The lowest BCUT2D eigenvalue weighted by molar-refractivity contribution is -0.140. The number of carbonyl (C=O) groups excluding carboxylic acids is 2. The molecular formula is C24H30ClFN2O2. The lowest BCUT2D eigenvalue weighted by Gasteiger charge is -2.31. The van der Waals surface area contributed by atoms with E-state index in [1.807, 2.05) is 51.1 Å². The molecule has 6 heteroatoms. The summed E-state index contributed by atoms with van der Waals surface area (Å²) < 4.78 is 14.2. The molecule has 0 unspecified atom stereocenters. The number of nitrogens with zero attached hydrogens (tertiary/aromatic N) is 1. The average Bonchev–Trinajstić information content (AvgIpc) is 2.74. The monoisotopic (exact) mass is 432 g/mol. The van der Waals surface area contributed by atoms with Crippen LogP contribution in [0, 0.1) is 5.82 Å². The van der Waals surface area contributed by atoms with E-state index in [0.29, 0.717) is 19.4 Å². The van der Waals surface area contributed by atoms with Crippen LogP contribution < -0.4 is 5.32 Å². The quantitative estimate of drug-likeness (QED) is 0.587. The van der Waals surface area contributed by atoms with Crippen LogP contribution in [0.15, 0.2) is 48.5 Å². The molecule has 0 spiro atoms. The largest absolute Gasteiger partial charge is 0.352 e. The Bertz CT molecular complexity index is 824. The lowest BCUT2D eigenvalue weighted by atomic mass is 10.1. The molecule has 0 aliphatic heterocycles. The summed E-state index contributed by atoms with van der Waals surface area (Å²) in [5.41, 5.74) is 1.22. The Balaban J connectivity index is 2.26. The molecule has 0 aliphatic rings. The molecule has 0 heterocycles. The molecule has 2 atom stereocenters. The zero-order valence-corrected chi connectivity index (χ0v) is 18.6. The van der Waals surface area contributed by atoms with E-state index < -0.39 is 11.9 Å². The normalized spacial score (nSPS) is 12.8. The standard InChI is InChI=1S/C24H30ClFN2O2/c1-4-17(3)27-24(30)22(5-2)28(15-14-18-10-7-6-8-11-18)23(29)16-19-20(25)12-9-13-21(19)26/h6-13,17,22H,4-5,14-16H2,1-3H3,(H,27,30)/t17-,22+/m0/s1. The van der Waals surface area contributed by atoms with Crippen LogP contribution in [0.2, 0.25) is 5.02 Å². The number of amides is 2. The molecule has 0 saturated carbocycles. The number of hydrogen-bond acceptors (Lipinski definition) is 2. The smallest absolute Gasteiger partial charge is 0.243 e. The van der Waals surface area contributed by atoms with E-state index in [1.165, 1.54) is 12.1 Å². The molecule has 0 saturated heterocycles. The van der Waals surface area contributed by atoms with E-state index in [1.54, 1.807) is 11.0 Å². The van der Waals surface area contributed by atoms with Gasteiger partial charge >= 0.3 is 0 Å². The molecule has 2 amide bonds. The summed E-state index contributed by atoms with van der Waals surface area (Å²) in [5.74, 6) is -1.02. The summed E-state index contributed by atoms with van der Waals surface area (Å²) in [6, 6.07) is 13.5. The van der Waals surface area contributed by atoms with Gasteiger partial charge in [-0.3, -0.25) is 9.59 Å². The first-order valence-electron chi connectivity index (χ1n) is 10.4. The van der Waals surface area contributed by atoms with Gasteiger partial charge in [-0.15, -0.1) is 0 Å². The van der Waals surface area contributed by atoms with Gasteiger partial charge in [0, 0.05) is 23.2 Å². The first-order chi connectivity index (χ1) is 14.4. The number of halogens is 2. The maximum atomic E-state index is 14.2. The van der Waals surface area contributed by atoms with Gasteiger partial charge in [0.15, 0.2) is 0 Å². The van der Waals surface area contributed by atoms with Crippen molar-refractivity contribution in [2.45, 2.75) is 58.5 Å². The summed E-state index contributed by atoms with van der Waals surface area (Å²) in [6.07, 6.45) is 1.68. The maximum Gasteiger partial charge on any atom is 0.243 e. The van der Waals surface area contributed by atoms with Crippen LogP contribution in [0.1, 0.15) is 44.7 Å². The second-order valence-corrected chi connectivity index (χ2v) is 7.85. The number of nitrogens with one attached hydrogen (secondary N) is 1. The van der Waals surface area contributed by atoms with Gasteiger partial charge in [0.05, 0.1) is 6.42 Å². The molecule has 2 rings (SSSR count). The fourth-order valence-electron chi connectivity index (χ4n) is 3.29. The van der Waals surface area contributed by atoms with Gasteiger partial charge in [0.1, 0.15) is 11.9 Å². The van der Waals surface area contributed by atoms with Gasteiger partial charge in [0.25, 0.3) is 0 Å². The third-order valence-electron chi connectivity index (χ3n) is 5.26. The van der Waals surface area contributed by atoms with Crippen LogP contribution >= 0.6 is 11.6 Å². The predicted molar refractivity (Wildman–Crippen MR) is 119 cm³/mol. The fourth-order valence-corrected chi connectivity index (χ4v) is 3.52. The van der Waals surface area contributed by atoms with Crippen LogP contribution in [0.25, 0.3) is 0 Å². The second kappa shape index (κ2) is 11.7. The maximum absolute atomic E-state index is 14.2. The van der Waals surface area contributed by atoms with E-state index >= 15 is 0 Å². The van der Waals surface area contributed by atoms with Crippen LogP contribution in [0.3, 0.4) is 0 Å². The molecule has 2 aromatic carbocycles. The van der Waals surface area contributed by atoms with Crippen molar-refractivity contribution in [1.82, 2.24) is 10.2 Å². The molecule has 162 valence electrons. The Morgan fingerprint density at radius 2 is 1.77 bits per heavy atom. The minimum Gasteiger partial charge on any atom is -0.352 e. The highest BCUT2D eigenvalue weighted by Crippen LogP contribution is 2.21. The van der Waals surface area contributed by atoms with E-state index in [9.17, 15) is 14.0 Å². The van der Waals surface area contributed by atoms with Crippen molar-refractivity contribution in [3.05, 3.63) is 70.5 Å². The molecule has 0 bridgehead atoms. The zero-order valence-electron chi connectivity index (χ0n) is 17.8. The second-order valence-electron chi connectivity index (χ2n) is 7.44. The van der Waals surface area contributed by atoms with E-state index in [2.05, 4.69) is 5.32 Å². The molecule has 0 fully saturated rings. The highest BCUT2D eigenvalue weighted by molar-refractivity contribution is 6.31. The molecule has 30 heavy (non-hydrogen) atoms. The molecule has 0 aromatic heterocycles. The highest BCUT2D eigenvalue weighted by Gasteiger charge is 2.29. The van der Waals surface area contributed by atoms with Crippen molar-refractivity contribution in [2.75, 3.05) is 6.54 Å². The average molecular weight is 433 g/mol. The van der Waals surface area contributed by atoms with Crippen LogP contribution in [-0.4, -0.2) is 35.3 Å². The first-order valence-corrected chi connectivity index (χ1v) is 10.8. The summed E-state index contributed by atoms with van der Waals surface area (Å²) >= 11 is 6.12. The summed E-state index contributed by atoms with van der Waals surface area (Å²) in [5, 5.41) is 3.18. The number of hydrogen-bond donors (Lipinski definition) is 1. The minimum atomic E-state index is -0.624. The zero-order chi connectivity index (χ0) is 22.1. The Kier molecular flexibility index (Phi) is 9.31. The van der Waals surface area contributed by atoms with Crippen LogP contribution in [-0.2, 0) is 22.4 Å². The topological polar surface area (TPSA) is 49.4 Å². The first kappa shape index (κ1) is 23.9. The van der Waals surface area contributed by atoms with Crippen LogP contribution in [0.5, 0.6) is 0 Å². The summed E-state index contributed by atoms with van der Waals surface area (Å²) in [7, 11) is 0. The highest BCUT2D eigenvalue weighted by atomic mass is 35.5. The molecule has 0 radical (unpaired) electrons. The molecular weight excluding hydrogens is 403 g/mol. The minimum absolute atomic E-state index is 0.0126. The third-order valence-corrected chi connectivity index (χ3v) is 5.61. The number of rotatable bonds is 10. The number of carbonyl (C=O) groups is 2. The molecule has 1 N–H and O–H groups in total.